The van der Waals surface area contributed by atoms with Gasteiger partial charge >= 0.3 is 0 Å². The molecule has 0 radical (unpaired) electrons. The summed E-state index contributed by atoms with van der Waals surface area (Å²) in [5, 5.41) is 4.02. The lowest BCUT2D eigenvalue weighted by Crippen LogP contribution is -1.98. The molecule has 1 aromatic carbocycles. The highest BCUT2D eigenvalue weighted by Crippen LogP contribution is 2.58. The summed E-state index contributed by atoms with van der Waals surface area (Å²) >= 11 is 0. The zero-order valence-corrected chi connectivity index (χ0v) is 11.1. The number of aryl methyl sites for hydroxylation is 1. The molecule has 2 fully saturated rings. The van der Waals surface area contributed by atoms with E-state index in [1.54, 1.807) is 0 Å². The molecule has 2 N–H and O–H groups in total. The van der Waals surface area contributed by atoms with Crippen LogP contribution in [0.2, 0.25) is 0 Å². The number of hydrogen-bond acceptors (Lipinski definition) is 3. The number of aromatic nitrogens is 1. The zero-order chi connectivity index (χ0) is 13.0. The maximum atomic E-state index is 6.05. The summed E-state index contributed by atoms with van der Waals surface area (Å²) in [6.07, 6.45) is 3.91. The first-order valence-electron chi connectivity index (χ1n) is 7.05. The molecule has 2 atom stereocenters. The third kappa shape index (κ3) is 1.68. The largest absolute Gasteiger partial charge is 0.380 e. The molecule has 98 valence electrons. The molecule has 4 rings (SSSR count). The van der Waals surface area contributed by atoms with Gasteiger partial charge in [-0.25, -0.2) is 0 Å². The van der Waals surface area contributed by atoms with Gasteiger partial charge in [-0.1, -0.05) is 29.4 Å². The Bertz CT molecular complexity index is 621. The molecule has 1 aromatic heterocycles. The van der Waals surface area contributed by atoms with Crippen molar-refractivity contribution in [3.8, 4) is 11.1 Å². The highest BCUT2D eigenvalue weighted by atomic mass is 16.5. The topological polar surface area (TPSA) is 52.0 Å². The van der Waals surface area contributed by atoms with E-state index < -0.39 is 0 Å². The number of benzene rings is 1. The highest BCUT2D eigenvalue weighted by molar-refractivity contribution is 5.78. The molecular formula is C16H18N2O. The first kappa shape index (κ1) is 11.1. The van der Waals surface area contributed by atoms with Gasteiger partial charge in [0.1, 0.15) is 5.76 Å². The molecule has 2 aliphatic rings. The average molecular weight is 254 g/mol. The van der Waals surface area contributed by atoms with E-state index in [1.165, 1.54) is 24.8 Å². The first-order chi connectivity index (χ1) is 9.24. The van der Waals surface area contributed by atoms with E-state index in [9.17, 15) is 0 Å². The molecule has 0 amide bonds. The number of nitrogen functional groups attached to an aromatic ring is 1. The molecule has 3 heteroatoms. The predicted molar refractivity (Wildman–Crippen MR) is 74.7 cm³/mol. The van der Waals surface area contributed by atoms with Gasteiger partial charge in [-0.05, 0) is 49.1 Å². The van der Waals surface area contributed by atoms with Crippen molar-refractivity contribution in [3.63, 3.8) is 0 Å². The lowest BCUT2D eigenvalue weighted by atomic mass is 9.92. The quantitative estimate of drug-likeness (QED) is 0.888. The molecule has 19 heavy (non-hydrogen) atoms. The zero-order valence-electron chi connectivity index (χ0n) is 11.1. The van der Waals surface area contributed by atoms with Crippen LogP contribution in [0.5, 0.6) is 0 Å². The van der Waals surface area contributed by atoms with Gasteiger partial charge in [-0.2, -0.15) is 0 Å². The van der Waals surface area contributed by atoms with Crippen LogP contribution in [0.4, 0.5) is 5.82 Å². The van der Waals surface area contributed by atoms with E-state index in [1.807, 2.05) is 12.1 Å². The van der Waals surface area contributed by atoms with Crippen molar-refractivity contribution in [2.45, 2.75) is 32.1 Å². The second-order valence-electron chi connectivity index (χ2n) is 6.05. The van der Waals surface area contributed by atoms with E-state index in [-0.39, 0.29) is 0 Å². The third-order valence-corrected chi connectivity index (χ3v) is 4.77. The molecule has 1 heterocycles. The normalized spacial score (nSPS) is 28.4. The van der Waals surface area contributed by atoms with E-state index in [0.717, 1.165) is 28.7 Å². The van der Waals surface area contributed by atoms with Crippen molar-refractivity contribution in [1.29, 1.82) is 0 Å². The number of hydrogen-bond donors (Lipinski definition) is 1. The summed E-state index contributed by atoms with van der Waals surface area (Å²) in [4.78, 5) is 0. The van der Waals surface area contributed by atoms with Crippen molar-refractivity contribution in [1.82, 2.24) is 5.16 Å². The van der Waals surface area contributed by atoms with Crippen molar-refractivity contribution < 1.29 is 4.52 Å². The van der Waals surface area contributed by atoms with Gasteiger partial charge in [0, 0.05) is 5.92 Å². The second kappa shape index (κ2) is 3.86. The molecule has 2 aromatic rings. The number of fused-ring (bicyclic) bond motifs is 1. The van der Waals surface area contributed by atoms with E-state index in [4.69, 9.17) is 10.3 Å². The maximum Gasteiger partial charge on any atom is 0.175 e. The van der Waals surface area contributed by atoms with Crippen molar-refractivity contribution >= 4 is 5.82 Å². The van der Waals surface area contributed by atoms with Gasteiger partial charge in [0.25, 0.3) is 0 Å². The minimum Gasteiger partial charge on any atom is -0.380 e. The van der Waals surface area contributed by atoms with Crippen LogP contribution < -0.4 is 5.73 Å². The summed E-state index contributed by atoms with van der Waals surface area (Å²) in [5.41, 5.74) is 9.47. The molecule has 0 aliphatic heterocycles. The van der Waals surface area contributed by atoms with Crippen molar-refractivity contribution in [3.05, 3.63) is 35.6 Å². The summed E-state index contributed by atoms with van der Waals surface area (Å²) in [7, 11) is 0. The molecular weight excluding hydrogens is 236 g/mol. The highest BCUT2D eigenvalue weighted by Gasteiger charge is 2.48. The second-order valence-corrected chi connectivity index (χ2v) is 6.05. The van der Waals surface area contributed by atoms with Crippen LogP contribution in [-0.4, -0.2) is 5.16 Å². The number of nitrogens with two attached hydrogens (primary N) is 1. The SMILES string of the molecule is Cc1ccccc1-c1c(N)noc1C1CC2CC2C1. The molecule has 3 nitrogen and oxygen atoms in total. The molecule has 0 spiro atoms. The van der Waals surface area contributed by atoms with Gasteiger partial charge in [0.2, 0.25) is 0 Å². The Kier molecular flexibility index (Phi) is 2.25. The van der Waals surface area contributed by atoms with Gasteiger partial charge in [-0.15, -0.1) is 0 Å². The Balaban J connectivity index is 1.79. The van der Waals surface area contributed by atoms with Gasteiger partial charge in [-0.3, -0.25) is 0 Å². The van der Waals surface area contributed by atoms with Crippen LogP contribution in [-0.2, 0) is 0 Å². The fourth-order valence-electron chi connectivity index (χ4n) is 3.65. The molecule has 2 unspecified atom stereocenters. The summed E-state index contributed by atoms with van der Waals surface area (Å²) in [6.45, 7) is 2.11. The first-order valence-corrected chi connectivity index (χ1v) is 7.05. The van der Waals surface area contributed by atoms with E-state index in [0.29, 0.717) is 11.7 Å². The molecule has 0 bridgehead atoms. The molecule has 0 saturated heterocycles. The van der Waals surface area contributed by atoms with E-state index >= 15 is 0 Å². The Labute approximate surface area is 112 Å². The van der Waals surface area contributed by atoms with Gasteiger partial charge in [0.05, 0.1) is 5.56 Å². The van der Waals surface area contributed by atoms with Crippen LogP contribution in [0, 0.1) is 18.8 Å². The average Bonchev–Trinajstić information content (AvgIpc) is 2.84. The smallest absolute Gasteiger partial charge is 0.175 e. The van der Waals surface area contributed by atoms with Crippen molar-refractivity contribution in [2.75, 3.05) is 5.73 Å². The fraction of sp³-hybridized carbons (Fsp3) is 0.438. The lowest BCUT2D eigenvalue weighted by molar-refractivity contribution is 0.356. The number of nitrogens with zero attached hydrogens (tertiary/aromatic N) is 1. The minimum absolute atomic E-state index is 0.517. The summed E-state index contributed by atoms with van der Waals surface area (Å²) in [5.74, 6) is 3.93. The molecule has 2 aliphatic carbocycles. The fourth-order valence-corrected chi connectivity index (χ4v) is 3.65. The number of rotatable bonds is 2. The Hall–Kier alpha value is -1.77. The van der Waals surface area contributed by atoms with E-state index in [2.05, 4.69) is 24.2 Å². The Morgan fingerprint density at radius 2 is 1.89 bits per heavy atom. The van der Waals surface area contributed by atoms with Gasteiger partial charge < -0.3 is 10.3 Å². The molecule has 2 saturated carbocycles. The van der Waals surface area contributed by atoms with Crippen LogP contribution in [0.25, 0.3) is 11.1 Å². The summed E-state index contributed by atoms with van der Waals surface area (Å²) < 4.78 is 5.58. The van der Waals surface area contributed by atoms with Crippen LogP contribution in [0.15, 0.2) is 28.8 Å². The predicted octanol–water partition coefficient (Wildman–Crippen LogP) is 3.75. The van der Waals surface area contributed by atoms with Gasteiger partial charge in [0.15, 0.2) is 5.82 Å². The van der Waals surface area contributed by atoms with Crippen molar-refractivity contribution in [2.24, 2.45) is 11.8 Å². The third-order valence-electron chi connectivity index (χ3n) is 4.77. The minimum atomic E-state index is 0.517. The monoisotopic (exact) mass is 254 g/mol. The Morgan fingerprint density at radius 1 is 1.16 bits per heavy atom. The maximum absolute atomic E-state index is 6.05. The van der Waals surface area contributed by atoms with Crippen LogP contribution >= 0.6 is 0 Å². The van der Waals surface area contributed by atoms with Crippen LogP contribution in [0.3, 0.4) is 0 Å². The number of anilines is 1. The summed E-state index contributed by atoms with van der Waals surface area (Å²) in [6, 6.07) is 8.31. The van der Waals surface area contributed by atoms with Crippen LogP contribution in [0.1, 0.15) is 36.5 Å². The Morgan fingerprint density at radius 3 is 2.63 bits per heavy atom. The standard InChI is InChI=1S/C16H18N2O/c1-9-4-2-3-5-13(9)14-15(19-18-16(14)17)12-7-10-6-11(10)8-12/h2-5,10-12H,6-8H2,1H3,(H2,17,18). The lowest BCUT2D eigenvalue weighted by Gasteiger charge is -2.11.